The van der Waals surface area contributed by atoms with Crippen molar-refractivity contribution in [3.63, 3.8) is 0 Å². The zero-order valence-electron chi connectivity index (χ0n) is 14.5. The molecule has 1 aliphatic heterocycles. The number of hydrogen-bond donors (Lipinski definition) is 0. The Balaban J connectivity index is 1.64. The summed E-state index contributed by atoms with van der Waals surface area (Å²) in [7, 11) is 0. The van der Waals surface area contributed by atoms with E-state index < -0.39 is 0 Å². The molecule has 4 heteroatoms. The summed E-state index contributed by atoms with van der Waals surface area (Å²) in [6.07, 6.45) is 7.74. The number of unbranched alkanes of at least 4 members (excludes halogenated alkanes) is 2. The molecule has 24 heavy (non-hydrogen) atoms. The molecule has 0 unspecified atom stereocenters. The van der Waals surface area contributed by atoms with Crippen molar-refractivity contribution in [3.8, 4) is 0 Å². The number of benzene rings is 1. The summed E-state index contributed by atoms with van der Waals surface area (Å²) in [4.78, 5) is 35.7. The predicted molar refractivity (Wildman–Crippen MR) is 93.6 cm³/mol. The number of carbonyl (C=O) groups is 3. The van der Waals surface area contributed by atoms with Crippen LogP contribution in [0.15, 0.2) is 30.4 Å². The van der Waals surface area contributed by atoms with Crippen LogP contribution in [-0.2, 0) is 27.2 Å². The second-order valence-electron chi connectivity index (χ2n) is 6.31. The lowest BCUT2D eigenvalue weighted by atomic mass is 9.99. The lowest BCUT2D eigenvalue weighted by Crippen LogP contribution is -2.34. The first-order valence-corrected chi connectivity index (χ1v) is 8.65. The third kappa shape index (κ3) is 4.88. The minimum atomic E-state index is -0.390. The van der Waals surface area contributed by atoms with Gasteiger partial charge in [0, 0.05) is 18.6 Å². The van der Waals surface area contributed by atoms with Crippen LogP contribution in [-0.4, -0.2) is 29.0 Å². The molecule has 0 N–H and O–H groups in total. The van der Waals surface area contributed by atoms with E-state index in [9.17, 15) is 14.4 Å². The van der Waals surface area contributed by atoms with Gasteiger partial charge in [0.1, 0.15) is 0 Å². The average Bonchev–Trinajstić information content (AvgIpc) is 2.86. The van der Waals surface area contributed by atoms with E-state index in [0.717, 1.165) is 37.0 Å². The highest BCUT2D eigenvalue weighted by Gasteiger charge is 2.25. The van der Waals surface area contributed by atoms with E-state index >= 15 is 0 Å². The van der Waals surface area contributed by atoms with E-state index in [1.165, 1.54) is 28.8 Å². The monoisotopic (exact) mass is 327 g/mol. The first-order valence-electron chi connectivity index (χ1n) is 8.65. The zero-order chi connectivity index (χ0) is 17.5. The van der Waals surface area contributed by atoms with Crippen LogP contribution >= 0.6 is 0 Å². The van der Waals surface area contributed by atoms with E-state index in [2.05, 4.69) is 32.0 Å². The van der Waals surface area contributed by atoms with Gasteiger partial charge in [0.25, 0.3) is 11.8 Å². The molecule has 0 spiro atoms. The van der Waals surface area contributed by atoms with Crippen molar-refractivity contribution in [1.82, 2.24) is 4.90 Å². The summed E-state index contributed by atoms with van der Waals surface area (Å²) < 4.78 is 0. The van der Waals surface area contributed by atoms with Gasteiger partial charge in [-0.1, -0.05) is 31.5 Å². The van der Waals surface area contributed by atoms with Gasteiger partial charge in [-0.2, -0.15) is 0 Å². The third-order valence-electron chi connectivity index (χ3n) is 4.44. The molecule has 128 valence electrons. The minimum absolute atomic E-state index is 0.0523. The van der Waals surface area contributed by atoms with Crippen LogP contribution in [0.3, 0.4) is 0 Å². The second kappa shape index (κ2) is 8.57. The van der Waals surface area contributed by atoms with E-state index in [0.29, 0.717) is 6.42 Å². The Kier molecular flexibility index (Phi) is 6.47. The molecule has 0 bridgehead atoms. The molecule has 1 aromatic rings. The molecule has 0 fully saturated rings. The Morgan fingerprint density at radius 1 is 1.04 bits per heavy atom. The van der Waals surface area contributed by atoms with Crippen molar-refractivity contribution < 1.29 is 14.4 Å². The Morgan fingerprint density at radius 3 is 2.38 bits per heavy atom. The fraction of sp³-hybridized carbons (Fsp3) is 0.450. The number of amides is 2. The normalized spacial score (nSPS) is 13.8. The van der Waals surface area contributed by atoms with Crippen LogP contribution < -0.4 is 0 Å². The molecule has 2 rings (SSSR count). The number of nitrogens with zero attached hydrogens (tertiary/aromatic N) is 1. The molecule has 0 saturated carbocycles. The molecule has 0 saturated heterocycles. The van der Waals surface area contributed by atoms with Crippen LogP contribution in [0.2, 0.25) is 0 Å². The Morgan fingerprint density at radius 2 is 1.75 bits per heavy atom. The number of ketones is 1. The topological polar surface area (TPSA) is 54.5 Å². The molecular weight excluding hydrogens is 302 g/mol. The molecule has 1 aliphatic rings. The van der Waals surface area contributed by atoms with Crippen molar-refractivity contribution in [2.75, 3.05) is 6.54 Å². The van der Waals surface area contributed by atoms with Gasteiger partial charge in [-0.25, -0.2) is 0 Å². The van der Waals surface area contributed by atoms with Crippen LogP contribution in [0.25, 0.3) is 0 Å². The summed E-state index contributed by atoms with van der Waals surface area (Å²) >= 11 is 0. The summed E-state index contributed by atoms with van der Waals surface area (Å²) in [5.74, 6) is -0.831. The summed E-state index contributed by atoms with van der Waals surface area (Å²) in [6.45, 7) is 4.22. The fourth-order valence-corrected chi connectivity index (χ4v) is 2.98. The van der Waals surface area contributed by atoms with Gasteiger partial charge in [-0.05, 0) is 49.3 Å². The van der Waals surface area contributed by atoms with Crippen molar-refractivity contribution in [1.29, 1.82) is 0 Å². The van der Waals surface area contributed by atoms with Gasteiger partial charge >= 0.3 is 0 Å². The largest absolute Gasteiger partial charge is 0.298 e. The number of hydrogen-bond acceptors (Lipinski definition) is 3. The number of Topliss-reactive ketones (excluding diaryl/α,β-unsaturated/α-hetero) is 1. The summed E-state index contributed by atoms with van der Waals surface area (Å²) in [5.41, 5.74) is 4.08. The molecule has 4 nitrogen and oxygen atoms in total. The van der Waals surface area contributed by atoms with Crippen LogP contribution in [0.1, 0.15) is 49.3 Å². The number of aryl methyl sites for hydroxylation is 3. The fourth-order valence-electron chi connectivity index (χ4n) is 2.98. The maximum absolute atomic E-state index is 11.9. The maximum Gasteiger partial charge on any atom is 0.254 e. The van der Waals surface area contributed by atoms with Gasteiger partial charge in [0.05, 0.1) is 6.54 Å². The third-order valence-corrected chi connectivity index (χ3v) is 4.44. The van der Waals surface area contributed by atoms with Crippen molar-refractivity contribution in [2.24, 2.45) is 0 Å². The molecule has 0 atom stereocenters. The minimum Gasteiger partial charge on any atom is -0.298 e. The lowest BCUT2D eigenvalue weighted by Gasteiger charge is -2.12. The molecule has 0 aromatic heterocycles. The summed E-state index contributed by atoms with van der Waals surface area (Å²) in [6, 6.07) is 6.64. The molecule has 1 aromatic carbocycles. The average molecular weight is 327 g/mol. The highest BCUT2D eigenvalue weighted by molar-refractivity contribution is 6.14. The van der Waals surface area contributed by atoms with Crippen LogP contribution in [0.4, 0.5) is 0 Å². The van der Waals surface area contributed by atoms with Gasteiger partial charge in [-0.15, -0.1) is 0 Å². The van der Waals surface area contributed by atoms with E-state index in [-0.39, 0.29) is 24.1 Å². The van der Waals surface area contributed by atoms with E-state index in [1.807, 2.05) is 0 Å². The maximum atomic E-state index is 11.9. The van der Waals surface area contributed by atoms with Gasteiger partial charge in [-0.3, -0.25) is 19.3 Å². The first-order chi connectivity index (χ1) is 11.5. The van der Waals surface area contributed by atoms with Crippen molar-refractivity contribution in [2.45, 2.75) is 52.4 Å². The standard InChI is InChI=1S/C20H25NO3/c1-3-17-10-9-16(13-15(17)2)7-5-4-6-8-18(22)14-21-19(23)11-12-20(21)24/h9-13H,3-8,14H2,1-2H3. The van der Waals surface area contributed by atoms with Crippen molar-refractivity contribution in [3.05, 3.63) is 47.0 Å². The van der Waals surface area contributed by atoms with Crippen LogP contribution in [0.5, 0.6) is 0 Å². The van der Waals surface area contributed by atoms with Gasteiger partial charge in [0.15, 0.2) is 5.78 Å². The van der Waals surface area contributed by atoms with E-state index in [1.54, 1.807) is 0 Å². The predicted octanol–water partition coefficient (Wildman–Crippen LogP) is 3.15. The van der Waals surface area contributed by atoms with Crippen molar-refractivity contribution >= 4 is 17.6 Å². The Labute approximate surface area is 143 Å². The van der Waals surface area contributed by atoms with E-state index in [4.69, 9.17) is 0 Å². The Bertz CT molecular complexity index is 643. The SMILES string of the molecule is CCc1ccc(CCCCCC(=O)CN2C(=O)C=CC2=O)cc1C. The Hall–Kier alpha value is -2.23. The lowest BCUT2D eigenvalue weighted by molar-refractivity contribution is -0.140. The zero-order valence-corrected chi connectivity index (χ0v) is 14.5. The molecule has 0 radical (unpaired) electrons. The first kappa shape index (κ1) is 18.1. The molecule has 0 aliphatic carbocycles. The highest BCUT2D eigenvalue weighted by Crippen LogP contribution is 2.15. The number of rotatable bonds is 9. The molecule has 2 amide bonds. The highest BCUT2D eigenvalue weighted by atomic mass is 16.2. The van der Waals surface area contributed by atoms with Crippen LogP contribution in [0, 0.1) is 6.92 Å². The second-order valence-corrected chi connectivity index (χ2v) is 6.31. The quantitative estimate of drug-likeness (QED) is 0.517. The molecule has 1 heterocycles. The van der Waals surface area contributed by atoms with Gasteiger partial charge < -0.3 is 0 Å². The van der Waals surface area contributed by atoms with Gasteiger partial charge in [0.2, 0.25) is 0 Å². The number of imide groups is 1. The number of carbonyl (C=O) groups excluding carboxylic acids is 3. The smallest absolute Gasteiger partial charge is 0.254 e. The molecular formula is C20H25NO3. The summed E-state index contributed by atoms with van der Waals surface area (Å²) in [5, 5.41) is 0.